The molecule has 0 aromatic rings. The van der Waals surface area contributed by atoms with Crippen molar-refractivity contribution in [2.24, 2.45) is 17.3 Å². The minimum absolute atomic E-state index is 0.0963. The molecule has 8 atom stereocenters. The molecular weight excluding hydrogens is 412 g/mol. The number of carbonyl (C=O) groups is 3. The fourth-order valence-corrected chi connectivity index (χ4v) is 5.73. The van der Waals surface area contributed by atoms with E-state index < -0.39 is 35.7 Å². The molecular formula is C25H32O7. The van der Waals surface area contributed by atoms with Gasteiger partial charge in [0.1, 0.15) is 12.2 Å². The predicted molar refractivity (Wildman–Crippen MR) is 115 cm³/mol. The van der Waals surface area contributed by atoms with Crippen molar-refractivity contribution < 1.29 is 33.3 Å². The van der Waals surface area contributed by atoms with Crippen molar-refractivity contribution in [1.29, 1.82) is 0 Å². The quantitative estimate of drug-likeness (QED) is 0.216. The summed E-state index contributed by atoms with van der Waals surface area (Å²) in [4.78, 5) is 37.9. The average Bonchev–Trinajstić information content (AvgIpc) is 3.52. The van der Waals surface area contributed by atoms with Crippen LogP contribution < -0.4 is 0 Å². The Kier molecular flexibility index (Phi) is 5.39. The van der Waals surface area contributed by atoms with Crippen molar-refractivity contribution in [3.63, 3.8) is 0 Å². The lowest BCUT2D eigenvalue weighted by Crippen LogP contribution is -2.56. The first-order valence-electron chi connectivity index (χ1n) is 11.2. The van der Waals surface area contributed by atoms with Crippen LogP contribution in [-0.2, 0) is 33.3 Å². The van der Waals surface area contributed by atoms with Gasteiger partial charge in [0.25, 0.3) is 0 Å². The number of hydrogen-bond donors (Lipinski definition) is 0. The van der Waals surface area contributed by atoms with E-state index in [1.807, 2.05) is 0 Å². The van der Waals surface area contributed by atoms with Crippen LogP contribution in [0.2, 0.25) is 0 Å². The lowest BCUT2D eigenvalue weighted by atomic mass is 9.54. The molecule has 174 valence electrons. The second-order valence-corrected chi connectivity index (χ2v) is 9.86. The molecule has 0 radical (unpaired) electrons. The van der Waals surface area contributed by atoms with Gasteiger partial charge in [-0.25, -0.2) is 14.4 Å². The molecule has 7 nitrogen and oxygen atoms in total. The zero-order valence-electron chi connectivity index (χ0n) is 19.6. The molecule has 0 bridgehead atoms. The Morgan fingerprint density at radius 2 is 1.72 bits per heavy atom. The normalized spacial score (nSPS) is 42.9. The summed E-state index contributed by atoms with van der Waals surface area (Å²) in [7, 11) is 0. The smallest absolute Gasteiger partial charge is 0.351 e. The molecule has 2 aliphatic heterocycles. The highest BCUT2D eigenvalue weighted by molar-refractivity contribution is 5.92. The van der Waals surface area contributed by atoms with Gasteiger partial charge in [-0.3, -0.25) is 0 Å². The standard InChI is InChI=1S/C25H32O7/c1-8-12(3)21(26)30-17-14(5)16-18-15(10-11-24(16,6)20-19(17)29-20)25(7,23(28)31-18)32-22(27)13(4)9-2/h8-9,15-20H,5,10-11H2,1-4,6-7H3. The van der Waals surface area contributed by atoms with Crippen molar-refractivity contribution in [1.82, 2.24) is 0 Å². The molecule has 4 aliphatic rings. The van der Waals surface area contributed by atoms with Crippen LogP contribution in [0.1, 0.15) is 54.4 Å². The number of ether oxygens (including phenoxy) is 4. The summed E-state index contributed by atoms with van der Waals surface area (Å²) in [5.74, 6) is -2.06. The van der Waals surface area contributed by atoms with Crippen molar-refractivity contribution in [3.05, 3.63) is 35.5 Å². The highest BCUT2D eigenvalue weighted by Crippen LogP contribution is 2.64. The Morgan fingerprint density at radius 3 is 2.34 bits per heavy atom. The fourth-order valence-electron chi connectivity index (χ4n) is 5.73. The van der Waals surface area contributed by atoms with E-state index in [4.69, 9.17) is 18.9 Å². The summed E-state index contributed by atoms with van der Waals surface area (Å²) >= 11 is 0. The monoisotopic (exact) mass is 444 g/mol. The molecule has 2 saturated heterocycles. The maximum absolute atomic E-state index is 13.0. The van der Waals surface area contributed by atoms with Gasteiger partial charge in [-0.2, -0.15) is 0 Å². The molecule has 0 spiro atoms. The summed E-state index contributed by atoms with van der Waals surface area (Å²) in [6.45, 7) is 14.9. The van der Waals surface area contributed by atoms with Crippen LogP contribution in [0.4, 0.5) is 0 Å². The summed E-state index contributed by atoms with van der Waals surface area (Å²) < 4.78 is 23.4. The number of fused-ring (bicyclic) bond motifs is 5. The molecule has 2 aliphatic carbocycles. The first kappa shape index (κ1) is 22.8. The molecule has 0 aromatic heterocycles. The lowest BCUT2D eigenvalue weighted by Gasteiger charge is -2.50. The van der Waals surface area contributed by atoms with Crippen LogP contribution in [0.3, 0.4) is 0 Å². The zero-order valence-corrected chi connectivity index (χ0v) is 19.6. The van der Waals surface area contributed by atoms with Crippen LogP contribution in [0.5, 0.6) is 0 Å². The Morgan fingerprint density at radius 1 is 1.09 bits per heavy atom. The van der Waals surface area contributed by atoms with E-state index in [2.05, 4.69) is 13.5 Å². The Balaban J connectivity index is 1.63. The largest absolute Gasteiger partial charge is 0.458 e. The van der Waals surface area contributed by atoms with Crippen molar-refractivity contribution in [2.75, 3.05) is 0 Å². The van der Waals surface area contributed by atoms with Gasteiger partial charge < -0.3 is 18.9 Å². The third-order valence-corrected chi connectivity index (χ3v) is 8.07. The third kappa shape index (κ3) is 3.16. The van der Waals surface area contributed by atoms with Crippen LogP contribution in [0.15, 0.2) is 35.5 Å². The summed E-state index contributed by atoms with van der Waals surface area (Å²) in [6.07, 6.45) is 3.33. The van der Waals surface area contributed by atoms with Gasteiger partial charge in [-0.15, -0.1) is 0 Å². The molecule has 32 heavy (non-hydrogen) atoms. The van der Waals surface area contributed by atoms with Gasteiger partial charge in [-0.1, -0.05) is 25.7 Å². The number of allylic oxidation sites excluding steroid dienone is 2. The molecule has 7 heteroatoms. The molecule has 2 saturated carbocycles. The number of hydrogen-bond acceptors (Lipinski definition) is 7. The second kappa shape index (κ2) is 7.58. The van der Waals surface area contributed by atoms with Crippen molar-refractivity contribution in [2.45, 2.75) is 84.4 Å². The molecule has 0 N–H and O–H groups in total. The first-order valence-corrected chi connectivity index (χ1v) is 11.2. The van der Waals surface area contributed by atoms with E-state index in [0.717, 1.165) is 6.42 Å². The van der Waals surface area contributed by atoms with Crippen LogP contribution in [0.25, 0.3) is 0 Å². The zero-order chi connectivity index (χ0) is 23.6. The van der Waals surface area contributed by atoms with E-state index in [1.54, 1.807) is 46.8 Å². The number of carbonyl (C=O) groups excluding carboxylic acids is 3. The number of rotatable bonds is 4. The van der Waals surface area contributed by atoms with Crippen LogP contribution in [-0.4, -0.2) is 47.9 Å². The van der Waals surface area contributed by atoms with Gasteiger partial charge in [0, 0.05) is 28.4 Å². The van der Waals surface area contributed by atoms with E-state index in [1.165, 1.54) is 0 Å². The van der Waals surface area contributed by atoms with E-state index in [0.29, 0.717) is 23.1 Å². The first-order chi connectivity index (χ1) is 15.0. The van der Waals surface area contributed by atoms with Crippen molar-refractivity contribution in [3.8, 4) is 0 Å². The highest BCUT2D eigenvalue weighted by atomic mass is 16.6. The molecule has 0 amide bonds. The van der Waals surface area contributed by atoms with Gasteiger partial charge in [0.2, 0.25) is 5.60 Å². The SMILES string of the molecule is C=C1C(OC(=O)C(C)=CC)C2OC2C2(C)CCC3C(OC(=O)C3(C)OC(=O)C(C)=CC)C12. The Hall–Kier alpha value is -2.41. The molecule has 2 heterocycles. The van der Waals surface area contributed by atoms with Gasteiger partial charge in [0.15, 0.2) is 6.10 Å². The Bertz CT molecular complexity index is 946. The topological polar surface area (TPSA) is 91.4 Å². The van der Waals surface area contributed by atoms with E-state index >= 15 is 0 Å². The van der Waals surface area contributed by atoms with E-state index in [-0.39, 0.29) is 29.5 Å². The van der Waals surface area contributed by atoms with Gasteiger partial charge >= 0.3 is 17.9 Å². The minimum Gasteiger partial charge on any atom is -0.458 e. The van der Waals surface area contributed by atoms with Gasteiger partial charge in [-0.05, 0) is 53.0 Å². The fraction of sp³-hybridized carbons (Fsp3) is 0.640. The second-order valence-electron chi connectivity index (χ2n) is 9.86. The highest BCUT2D eigenvalue weighted by Gasteiger charge is 2.73. The minimum atomic E-state index is -1.37. The molecule has 8 unspecified atom stereocenters. The summed E-state index contributed by atoms with van der Waals surface area (Å²) in [5.41, 5.74) is -0.0216. The summed E-state index contributed by atoms with van der Waals surface area (Å²) in [5, 5.41) is 0. The maximum Gasteiger partial charge on any atom is 0.351 e. The number of esters is 3. The van der Waals surface area contributed by atoms with Crippen molar-refractivity contribution >= 4 is 17.9 Å². The number of epoxide rings is 1. The van der Waals surface area contributed by atoms with Crippen LogP contribution in [0, 0.1) is 17.3 Å². The predicted octanol–water partition coefficient (Wildman–Crippen LogP) is 3.43. The third-order valence-electron chi connectivity index (χ3n) is 8.07. The average molecular weight is 445 g/mol. The van der Waals surface area contributed by atoms with E-state index in [9.17, 15) is 14.4 Å². The Labute approximate surface area is 188 Å². The van der Waals surface area contributed by atoms with Gasteiger partial charge in [0.05, 0.1) is 6.10 Å². The molecule has 0 aromatic carbocycles. The summed E-state index contributed by atoms with van der Waals surface area (Å²) in [6, 6.07) is 0. The van der Waals surface area contributed by atoms with Crippen LogP contribution >= 0.6 is 0 Å². The lowest BCUT2D eigenvalue weighted by molar-refractivity contribution is -0.170. The maximum atomic E-state index is 13.0. The molecule has 4 fully saturated rings. The molecule has 4 rings (SSSR count).